The van der Waals surface area contributed by atoms with Gasteiger partial charge in [-0.2, -0.15) is 0 Å². The summed E-state index contributed by atoms with van der Waals surface area (Å²) in [7, 11) is 0. The van der Waals surface area contributed by atoms with E-state index in [0.717, 1.165) is 13.1 Å². The van der Waals surface area contributed by atoms with Crippen LogP contribution in [0.2, 0.25) is 0 Å². The second-order valence-electron chi connectivity index (χ2n) is 7.97. The summed E-state index contributed by atoms with van der Waals surface area (Å²) < 4.78 is 16.5. The quantitative estimate of drug-likeness (QED) is 0.470. The maximum absolute atomic E-state index is 13.6. The third-order valence-electron chi connectivity index (χ3n) is 5.94. The van der Waals surface area contributed by atoms with E-state index in [0.29, 0.717) is 37.4 Å². The molecule has 0 unspecified atom stereocenters. The summed E-state index contributed by atoms with van der Waals surface area (Å²) in [4.78, 5) is 29.7. The Labute approximate surface area is 189 Å². The molecule has 4 aromatic rings. The van der Waals surface area contributed by atoms with Crippen molar-refractivity contribution < 1.29 is 9.18 Å². The van der Waals surface area contributed by atoms with Gasteiger partial charge in [0.1, 0.15) is 11.6 Å². The SMILES string of the molecule is O=C(CCc1nnc2c(=O)n(-c3cccc(F)c3)ccn12)N1CCN(c2ccccc2)CC1. The van der Waals surface area contributed by atoms with Crippen molar-refractivity contribution in [2.24, 2.45) is 0 Å². The second kappa shape index (κ2) is 8.85. The van der Waals surface area contributed by atoms with Gasteiger partial charge in [0, 0.05) is 57.1 Å². The fraction of sp³-hybridized carbons (Fsp3) is 0.250. The van der Waals surface area contributed by atoms with Crippen molar-refractivity contribution in [1.82, 2.24) is 24.1 Å². The van der Waals surface area contributed by atoms with Gasteiger partial charge >= 0.3 is 5.56 Å². The van der Waals surface area contributed by atoms with Crippen LogP contribution in [0.1, 0.15) is 12.2 Å². The smallest absolute Gasteiger partial charge is 0.300 e. The minimum atomic E-state index is -0.426. The van der Waals surface area contributed by atoms with Crippen molar-refractivity contribution in [3.8, 4) is 5.69 Å². The Kier molecular flexibility index (Phi) is 5.60. The zero-order valence-corrected chi connectivity index (χ0v) is 18.0. The number of nitrogens with zero attached hydrogens (tertiary/aromatic N) is 6. The van der Waals surface area contributed by atoms with E-state index in [2.05, 4.69) is 27.2 Å². The molecule has 0 N–H and O–H groups in total. The van der Waals surface area contributed by atoms with Crippen molar-refractivity contribution in [3.05, 3.63) is 89.0 Å². The van der Waals surface area contributed by atoms with Crippen LogP contribution in [0, 0.1) is 5.82 Å². The predicted octanol–water partition coefficient (Wildman–Crippen LogP) is 2.30. The van der Waals surface area contributed by atoms with Gasteiger partial charge in [0.15, 0.2) is 0 Å². The number of halogens is 1. The highest BCUT2D eigenvalue weighted by atomic mass is 19.1. The van der Waals surface area contributed by atoms with E-state index in [1.54, 1.807) is 28.9 Å². The molecule has 0 radical (unpaired) electrons. The molecule has 1 saturated heterocycles. The van der Waals surface area contributed by atoms with Crippen LogP contribution in [0.3, 0.4) is 0 Å². The Morgan fingerprint density at radius 3 is 2.42 bits per heavy atom. The number of hydrogen-bond acceptors (Lipinski definition) is 5. The average molecular weight is 446 g/mol. The summed E-state index contributed by atoms with van der Waals surface area (Å²) >= 11 is 0. The van der Waals surface area contributed by atoms with Crippen molar-refractivity contribution in [2.45, 2.75) is 12.8 Å². The maximum Gasteiger partial charge on any atom is 0.300 e. The van der Waals surface area contributed by atoms with Crippen LogP contribution in [-0.4, -0.2) is 56.2 Å². The molecule has 168 valence electrons. The third-order valence-corrected chi connectivity index (χ3v) is 5.94. The van der Waals surface area contributed by atoms with E-state index in [1.165, 1.54) is 22.4 Å². The van der Waals surface area contributed by atoms with Crippen LogP contribution >= 0.6 is 0 Å². The highest BCUT2D eigenvalue weighted by Crippen LogP contribution is 2.16. The summed E-state index contributed by atoms with van der Waals surface area (Å²) in [6, 6.07) is 16.0. The van der Waals surface area contributed by atoms with E-state index in [-0.39, 0.29) is 11.6 Å². The monoisotopic (exact) mass is 446 g/mol. The van der Waals surface area contributed by atoms with Crippen LogP contribution in [-0.2, 0) is 11.2 Å². The fourth-order valence-corrected chi connectivity index (χ4v) is 4.16. The highest BCUT2D eigenvalue weighted by molar-refractivity contribution is 5.76. The molecular weight excluding hydrogens is 423 g/mol. The van der Waals surface area contributed by atoms with Crippen LogP contribution in [0.4, 0.5) is 10.1 Å². The number of amides is 1. The number of rotatable bonds is 5. The number of anilines is 1. The van der Waals surface area contributed by atoms with Gasteiger partial charge in [-0.1, -0.05) is 24.3 Å². The normalized spacial score (nSPS) is 14.1. The fourth-order valence-electron chi connectivity index (χ4n) is 4.16. The van der Waals surface area contributed by atoms with Crippen LogP contribution in [0.15, 0.2) is 71.8 Å². The summed E-state index contributed by atoms with van der Waals surface area (Å²) in [5, 5.41) is 8.14. The molecule has 1 aliphatic heterocycles. The number of para-hydroxylation sites is 1. The van der Waals surface area contributed by atoms with Gasteiger partial charge in [-0.3, -0.25) is 18.6 Å². The van der Waals surface area contributed by atoms with E-state index in [1.807, 2.05) is 23.1 Å². The molecule has 1 amide bonds. The summed E-state index contributed by atoms with van der Waals surface area (Å²) in [5.41, 5.74) is 1.33. The molecule has 2 aromatic carbocycles. The standard InChI is InChI=1S/C24H23FN6O2/c25-18-5-4-8-20(17-18)30-15-16-31-21(26-27-23(31)24(30)33)9-10-22(32)29-13-11-28(12-14-29)19-6-2-1-3-7-19/h1-8,15-17H,9-14H2. The summed E-state index contributed by atoms with van der Waals surface area (Å²) in [6.07, 6.45) is 3.89. The molecule has 2 aromatic heterocycles. The molecule has 5 rings (SSSR count). The first-order chi connectivity index (χ1) is 16.1. The number of benzene rings is 2. The molecular formula is C24H23FN6O2. The van der Waals surface area contributed by atoms with Gasteiger partial charge in [0.2, 0.25) is 11.6 Å². The van der Waals surface area contributed by atoms with E-state index < -0.39 is 11.4 Å². The second-order valence-corrected chi connectivity index (χ2v) is 7.97. The van der Waals surface area contributed by atoms with Gasteiger partial charge in [0.05, 0.1) is 5.69 Å². The Morgan fingerprint density at radius 2 is 1.67 bits per heavy atom. The van der Waals surface area contributed by atoms with Gasteiger partial charge in [-0.25, -0.2) is 4.39 Å². The topological polar surface area (TPSA) is 75.7 Å². The predicted molar refractivity (Wildman–Crippen MR) is 122 cm³/mol. The molecule has 0 saturated carbocycles. The Bertz CT molecular complexity index is 1340. The number of piperazine rings is 1. The molecule has 1 aliphatic rings. The number of aryl methyl sites for hydroxylation is 1. The van der Waals surface area contributed by atoms with Gasteiger partial charge in [-0.15, -0.1) is 10.2 Å². The molecule has 1 fully saturated rings. The molecule has 0 bridgehead atoms. The summed E-state index contributed by atoms with van der Waals surface area (Å²) in [5.74, 6) is 0.182. The van der Waals surface area contributed by atoms with Crippen LogP contribution in [0.25, 0.3) is 11.3 Å². The Balaban J connectivity index is 1.24. The highest BCUT2D eigenvalue weighted by Gasteiger charge is 2.22. The van der Waals surface area contributed by atoms with E-state index in [4.69, 9.17) is 0 Å². The first-order valence-electron chi connectivity index (χ1n) is 10.9. The Morgan fingerprint density at radius 1 is 0.909 bits per heavy atom. The number of aromatic nitrogens is 4. The molecule has 9 heteroatoms. The van der Waals surface area contributed by atoms with Gasteiger partial charge in [0.25, 0.3) is 0 Å². The number of carbonyl (C=O) groups is 1. The molecule has 0 spiro atoms. The molecule has 0 atom stereocenters. The minimum Gasteiger partial charge on any atom is -0.368 e. The molecule has 8 nitrogen and oxygen atoms in total. The third kappa shape index (κ3) is 4.21. The number of hydrogen-bond donors (Lipinski definition) is 0. The zero-order chi connectivity index (χ0) is 22.8. The van der Waals surface area contributed by atoms with Crippen LogP contribution in [0.5, 0.6) is 0 Å². The Hall–Kier alpha value is -4.01. The largest absolute Gasteiger partial charge is 0.368 e. The van der Waals surface area contributed by atoms with Crippen molar-refractivity contribution in [2.75, 3.05) is 31.1 Å². The molecule has 3 heterocycles. The van der Waals surface area contributed by atoms with E-state index >= 15 is 0 Å². The lowest BCUT2D eigenvalue weighted by Crippen LogP contribution is -2.48. The zero-order valence-electron chi connectivity index (χ0n) is 18.0. The van der Waals surface area contributed by atoms with Gasteiger partial charge < -0.3 is 9.80 Å². The lowest BCUT2D eigenvalue weighted by molar-refractivity contribution is -0.131. The first-order valence-corrected chi connectivity index (χ1v) is 10.9. The number of carbonyl (C=O) groups excluding carboxylic acids is 1. The van der Waals surface area contributed by atoms with Crippen molar-refractivity contribution >= 4 is 17.2 Å². The van der Waals surface area contributed by atoms with Crippen molar-refractivity contribution in [1.29, 1.82) is 0 Å². The van der Waals surface area contributed by atoms with E-state index in [9.17, 15) is 14.0 Å². The average Bonchev–Trinajstić information content (AvgIpc) is 3.27. The number of fused-ring (bicyclic) bond motifs is 1. The maximum atomic E-state index is 13.6. The molecule has 33 heavy (non-hydrogen) atoms. The van der Waals surface area contributed by atoms with Crippen LogP contribution < -0.4 is 10.5 Å². The first kappa shape index (κ1) is 20.9. The van der Waals surface area contributed by atoms with Crippen molar-refractivity contribution in [3.63, 3.8) is 0 Å². The lowest BCUT2D eigenvalue weighted by Gasteiger charge is -2.36. The van der Waals surface area contributed by atoms with Gasteiger partial charge in [-0.05, 0) is 30.3 Å². The molecule has 0 aliphatic carbocycles. The minimum absolute atomic E-state index is 0.0626. The summed E-state index contributed by atoms with van der Waals surface area (Å²) in [6.45, 7) is 2.94. The lowest BCUT2D eigenvalue weighted by atomic mass is 10.2.